The Morgan fingerprint density at radius 3 is 2.45 bits per heavy atom. The number of aliphatic imine (C=N–C) groups is 1. The molecule has 0 spiro atoms. The molecular weight excluding hydrogens is 510 g/mol. The Hall–Kier alpha value is -3.38. The lowest BCUT2D eigenvalue weighted by Gasteiger charge is -2.27. The molecule has 2 aromatic rings. The summed E-state index contributed by atoms with van der Waals surface area (Å²) in [5.41, 5.74) is 1.98. The summed E-state index contributed by atoms with van der Waals surface area (Å²) in [6, 6.07) is 10.9. The number of non-ortho nitro benzene ring substituents is 1. The quantitative estimate of drug-likeness (QED) is 0.376. The summed E-state index contributed by atoms with van der Waals surface area (Å²) < 4.78 is 27.9. The second kappa shape index (κ2) is 10.8. The molecule has 1 heterocycles. The van der Waals surface area contributed by atoms with Gasteiger partial charge in [-0.2, -0.15) is 0 Å². The largest absolute Gasteiger partial charge is 0.370 e. The third kappa shape index (κ3) is 5.56. The summed E-state index contributed by atoms with van der Waals surface area (Å²) in [6.45, 7) is 0.988. The number of para-hydroxylation sites is 1. The summed E-state index contributed by atoms with van der Waals surface area (Å²) >= 11 is 0. The fourth-order valence-electron chi connectivity index (χ4n) is 6.03. The summed E-state index contributed by atoms with van der Waals surface area (Å²) in [5, 5.41) is 25.9. The van der Waals surface area contributed by atoms with Crippen LogP contribution in [0.3, 0.4) is 0 Å². The molecule has 0 amide bonds. The number of fused-ring (bicyclic) bond motifs is 3. The number of sulfonamides is 1. The van der Waals surface area contributed by atoms with Gasteiger partial charge in [0.15, 0.2) is 4.90 Å². The number of benzene rings is 2. The summed E-state index contributed by atoms with van der Waals surface area (Å²) in [5.74, 6) is 1.92. The Bertz CT molecular complexity index is 1370. The molecule has 0 bridgehead atoms. The van der Waals surface area contributed by atoms with Gasteiger partial charge in [0.1, 0.15) is 0 Å². The maximum Gasteiger partial charge on any atom is 0.289 e. The highest BCUT2D eigenvalue weighted by molar-refractivity contribution is 7.89. The van der Waals surface area contributed by atoms with Crippen LogP contribution in [-0.4, -0.2) is 43.2 Å². The number of nitro benzene ring substituents is 2. The maximum atomic E-state index is 12.7. The van der Waals surface area contributed by atoms with Gasteiger partial charge >= 0.3 is 0 Å². The Kier molecular flexibility index (Phi) is 7.44. The SMILES string of the molecule is O=[N+]([O-])c1ccc2c(c1)CCC1NC(=NCC3CCC(CNS(=O)(=O)c4ccccc4[N+](=O)[O-])CC3)CC21. The van der Waals surface area contributed by atoms with E-state index < -0.39 is 20.6 Å². The van der Waals surface area contributed by atoms with Gasteiger partial charge in [0.05, 0.1) is 15.7 Å². The van der Waals surface area contributed by atoms with Crippen molar-refractivity contribution >= 4 is 27.2 Å². The maximum absolute atomic E-state index is 12.7. The molecule has 1 saturated heterocycles. The van der Waals surface area contributed by atoms with Crippen molar-refractivity contribution in [1.29, 1.82) is 0 Å². The van der Waals surface area contributed by atoms with Gasteiger partial charge in [-0.15, -0.1) is 0 Å². The minimum absolute atomic E-state index is 0.145. The van der Waals surface area contributed by atoms with Crippen LogP contribution in [0.5, 0.6) is 0 Å². The molecule has 38 heavy (non-hydrogen) atoms. The van der Waals surface area contributed by atoms with E-state index in [-0.39, 0.29) is 28.0 Å². The predicted molar refractivity (Wildman–Crippen MR) is 142 cm³/mol. The number of hydrogen-bond acceptors (Lipinski definition) is 7. The Labute approximate surface area is 221 Å². The van der Waals surface area contributed by atoms with Gasteiger partial charge < -0.3 is 5.32 Å². The van der Waals surface area contributed by atoms with Crippen molar-refractivity contribution < 1.29 is 18.3 Å². The molecule has 1 aliphatic heterocycles. The highest BCUT2D eigenvalue weighted by atomic mass is 32.2. The van der Waals surface area contributed by atoms with E-state index in [2.05, 4.69) is 10.0 Å². The van der Waals surface area contributed by atoms with Crippen molar-refractivity contribution in [1.82, 2.24) is 10.0 Å². The lowest BCUT2D eigenvalue weighted by atomic mass is 9.79. The van der Waals surface area contributed by atoms with Crippen LogP contribution < -0.4 is 10.0 Å². The first-order valence-electron chi connectivity index (χ1n) is 13.0. The number of hydrogen-bond donors (Lipinski definition) is 2. The molecule has 202 valence electrons. The van der Waals surface area contributed by atoms with Gasteiger partial charge in [0.2, 0.25) is 10.0 Å². The molecule has 0 aromatic heterocycles. The van der Waals surface area contributed by atoms with E-state index in [1.54, 1.807) is 12.1 Å². The molecule has 1 saturated carbocycles. The van der Waals surface area contributed by atoms with Crippen molar-refractivity contribution in [2.24, 2.45) is 16.8 Å². The van der Waals surface area contributed by atoms with E-state index in [0.717, 1.165) is 62.9 Å². The van der Waals surface area contributed by atoms with E-state index in [4.69, 9.17) is 4.99 Å². The van der Waals surface area contributed by atoms with Gasteiger partial charge in [-0.3, -0.25) is 25.2 Å². The second-order valence-electron chi connectivity index (χ2n) is 10.5. The van der Waals surface area contributed by atoms with Gasteiger partial charge in [0, 0.05) is 49.7 Å². The van der Waals surface area contributed by atoms with E-state index in [1.165, 1.54) is 29.8 Å². The third-order valence-corrected chi connectivity index (χ3v) is 9.60. The molecule has 2 unspecified atom stereocenters. The average Bonchev–Trinajstić information content (AvgIpc) is 3.34. The molecule has 2 N–H and O–H groups in total. The summed E-state index contributed by atoms with van der Waals surface area (Å²) in [6.07, 6.45) is 6.23. The smallest absolute Gasteiger partial charge is 0.289 e. The van der Waals surface area contributed by atoms with Gasteiger partial charge in [-0.25, -0.2) is 13.1 Å². The normalized spacial score (nSPS) is 25.8. The summed E-state index contributed by atoms with van der Waals surface area (Å²) in [7, 11) is -3.96. The van der Waals surface area contributed by atoms with Crippen molar-refractivity contribution in [2.75, 3.05) is 13.1 Å². The first-order chi connectivity index (χ1) is 18.2. The van der Waals surface area contributed by atoms with Crippen molar-refractivity contribution in [3.8, 4) is 0 Å². The highest BCUT2D eigenvalue weighted by Gasteiger charge is 2.37. The van der Waals surface area contributed by atoms with Crippen LogP contribution in [0.2, 0.25) is 0 Å². The Balaban J connectivity index is 1.11. The third-order valence-electron chi connectivity index (χ3n) is 8.13. The first kappa shape index (κ1) is 26.2. The first-order valence-corrected chi connectivity index (χ1v) is 14.5. The zero-order valence-corrected chi connectivity index (χ0v) is 21.7. The van der Waals surface area contributed by atoms with Crippen LogP contribution in [-0.2, 0) is 16.4 Å². The van der Waals surface area contributed by atoms with Crippen LogP contribution in [0.1, 0.15) is 55.6 Å². The number of nitro groups is 2. The molecule has 2 aliphatic carbocycles. The number of nitrogens with one attached hydrogen (secondary N) is 2. The molecule has 12 heteroatoms. The highest BCUT2D eigenvalue weighted by Crippen LogP contribution is 2.39. The number of amidine groups is 1. The molecule has 5 rings (SSSR count). The number of aryl methyl sites for hydroxylation is 1. The van der Waals surface area contributed by atoms with Gasteiger partial charge in [0.25, 0.3) is 11.4 Å². The van der Waals surface area contributed by atoms with Crippen LogP contribution in [0.4, 0.5) is 11.4 Å². The summed E-state index contributed by atoms with van der Waals surface area (Å²) in [4.78, 5) is 25.9. The van der Waals surface area contributed by atoms with Crippen LogP contribution in [0.25, 0.3) is 0 Å². The minimum Gasteiger partial charge on any atom is -0.370 e. The molecule has 3 aliphatic rings. The van der Waals surface area contributed by atoms with Crippen LogP contribution in [0.15, 0.2) is 52.4 Å². The molecule has 0 radical (unpaired) electrons. The zero-order valence-electron chi connectivity index (χ0n) is 20.9. The average molecular weight is 542 g/mol. The van der Waals surface area contributed by atoms with E-state index >= 15 is 0 Å². The lowest BCUT2D eigenvalue weighted by molar-refractivity contribution is -0.387. The van der Waals surface area contributed by atoms with E-state index in [1.807, 2.05) is 6.07 Å². The molecular formula is C26H31N5O6S. The molecule has 2 atom stereocenters. The second-order valence-corrected chi connectivity index (χ2v) is 12.2. The monoisotopic (exact) mass is 541 g/mol. The Morgan fingerprint density at radius 2 is 1.71 bits per heavy atom. The fraction of sp³-hybridized carbons (Fsp3) is 0.500. The number of rotatable bonds is 8. The van der Waals surface area contributed by atoms with Gasteiger partial charge in [-0.05, 0) is 67.6 Å². The van der Waals surface area contributed by atoms with Crippen molar-refractivity contribution in [3.63, 3.8) is 0 Å². The minimum atomic E-state index is -3.96. The molecule has 2 fully saturated rings. The van der Waals surface area contributed by atoms with Crippen molar-refractivity contribution in [3.05, 3.63) is 73.8 Å². The number of nitrogens with zero attached hydrogens (tertiary/aromatic N) is 3. The predicted octanol–water partition coefficient (Wildman–Crippen LogP) is 4.08. The van der Waals surface area contributed by atoms with E-state index in [0.29, 0.717) is 17.9 Å². The van der Waals surface area contributed by atoms with Gasteiger partial charge in [-0.1, -0.05) is 18.2 Å². The fourth-order valence-corrected chi connectivity index (χ4v) is 7.31. The Morgan fingerprint density at radius 1 is 0.974 bits per heavy atom. The van der Waals surface area contributed by atoms with Crippen LogP contribution in [0, 0.1) is 32.1 Å². The molecule has 11 nitrogen and oxygen atoms in total. The standard InChI is InChI=1S/C26H31N5O6S/c32-30(33)20-10-11-21-19(13-20)9-12-23-22(21)14-26(29-23)27-15-17-5-7-18(8-6-17)16-28-38(36,37)25-4-2-1-3-24(25)31(34)35/h1-4,10-11,13,17-18,22-23,28H,5-9,12,14-16H2,(H,27,29). The molecule has 2 aromatic carbocycles. The lowest BCUT2D eigenvalue weighted by Crippen LogP contribution is -2.32. The zero-order chi connectivity index (χ0) is 26.9. The van der Waals surface area contributed by atoms with E-state index in [9.17, 15) is 28.6 Å². The van der Waals surface area contributed by atoms with Crippen LogP contribution >= 0.6 is 0 Å². The van der Waals surface area contributed by atoms with Crippen molar-refractivity contribution in [2.45, 2.75) is 61.8 Å². The topological polar surface area (TPSA) is 157 Å².